The molecule has 218 valence electrons. The van der Waals surface area contributed by atoms with E-state index in [1.807, 2.05) is 13.1 Å². The molecule has 3 aliphatic heterocycles. The molecule has 0 bridgehead atoms. The summed E-state index contributed by atoms with van der Waals surface area (Å²) in [6.45, 7) is 12.1. The number of ether oxygens (including phenoxy) is 1. The van der Waals surface area contributed by atoms with E-state index in [-0.39, 0.29) is 23.2 Å². The Morgan fingerprint density at radius 3 is 2.54 bits per heavy atom. The van der Waals surface area contributed by atoms with Gasteiger partial charge in [-0.2, -0.15) is 14.6 Å². The third-order valence-corrected chi connectivity index (χ3v) is 8.26. The van der Waals surface area contributed by atoms with E-state index < -0.39 is 23.2 Å². The Hall–Kier alpha value is -3.57. The van der Waals surface area contributed by atoms with Gasteiger partial charge in [-0.25, -0.2) is 9.07 Å². The highest BCUT2D eigenvalue weighted by Gasteiger charge is 2.43. The fourth-order valence-electron chi connectivity index (χ4n) is 6.10. The van der Waals surface area contributed by atoms with Gasteiger partial charge in [0, 0.05) is 44.0 Å². The summed E-state index contributed by atoms with van der Waals surface area (Å²) in [5.74, 6) is -2.04. The van der Waals surface area contributed by atoms with E-state index >= 15 is 4.39 Å². The molecule has 4 heterocycles. The molecule has 2 unspecified atom stereocenters. The molecule has 1 amide bonds. The maximum absolute atomic E-state index is 15.2. The van der Waals surface area contributed by atoms with Crippen molar-refractivity contribution in [3.8, 4) is 0 Å². The molecule has 2 aromatic rings. The maximum atomic E-state index is 15.2. The second kappa shape index (κ2) is 10.4. The normalized spacial score (nSPS) is 23.3. The molecule has 1 aromatic heterocycles. The number of benzene rings is 1. The van der Waals surface area contributed by atoms with E-state index in [0.717, 1.165) is 47.6 Å². The first-order valence-electron chi connectivity index (χ1n) is 14.1. The molecule has 2 saturated heterocycles. The highest BCUT2D eigenvalue weighted by atomic mass is 19.1. The smallest absolute Gasteiger partial charge is 0.262 e. The number of aromatic nitrogens is 2. The molecule has 0 saturated carbocycles. The molecule has 0 spiro atoms. The predicted molar refractivity (Wildman–Crippen MR) is 154 cm³/mol. The number of aryl methyl sites for hydroxylation is 1. The lowest BCUT2D eigenvalue weighted by Gasteiger charge is -2.47. The number of rotatable bonds is 5. The average Bonchev–Trinajstić information content (AvgIpc) is 3.52. The van der Waals surface area contributed by atoms with Gasteiger partial charge in [-0.05, 0) is 69.7 Å². The van der Waals surface area contributed by atoms with E-state index in [9.17, 15) is 9.18 Å². The number of carbonyl (C=O) groups excluding carboxylic acids is 1. The van der Waals surface area contributed by atoms with Crippen LogP contribution >= 0.6 is 0 Å². The largest absolute Gasteiger partial charge is 0.378 e. The molecule has 11 heteroatoms. The maximum Gasteiger partial charge on any atom is 0.262 e. The SMILES string of the molecule is Cc1cc(F)c(NC(=O)c2cnn(C(C)(C)C)c2F)cc1C1=CC2C=NN(C3CN(C)C3)C2C(N2CCOCC2)=C1. The first-order chi connectivity index (χ1) is 19.5. The van der Waals surface area contributed by atoms with Crippen molar-refractivity contribution in [3.63, 3.8) is 0 Å². The average molecular weight is 566 g/mol. The number of carbonyl (C=O) groups is 1. The lowest BCUT2D eigenvalue weighted by atomic mass is 9.84. The quantitative estimate of drug-likeness (QED) is 0.596. The standard InChI is InChI=1S/C30H37F2N7O2/c1-18-10-24(31)25(35-29(40)23-15-34-39(28(23)32)30(2,3)4)13-22(18)19-11-20-14-33-38(21-16-36(5)17-21)27(20)26(12-19)37-6-8-41-9-7-37/h10-15,20-21,27H,6-9,16-17H2,1-5H3,(H,35,40). The molecule has 6 rings (SSSR count). The van der Waals surface area contributed by atoms with Crippen LogP contribution in [0.5, 0.6) is 0 Å². The van der Waals surface area contributed by atoms with Gasteiger partial charge < -0.3 is 19.9 Å². The van der Waals surface area contributed by atoms with Gasteiger partial charge in [0.05, 0.1) is 42.7 Å². The minimum atomic E-state index is -0.760. The number of nitrogens with zero attached hydrogens (tertiary/aromatic N) is 6. The number of hydrogen-bond donors (Lipinski definition) is 1. The summed E-state index contributed by atoms with van der Waals surface area (Å²) in [4.78, 5) is 17.7. The molecular formula is C30H37F2N7O2. The molecule has 2 atom stereocenters. The third-order valence-electron chi connectivity index (χ3n) is 8.26. The number of fused-ring (bicyclic) bond motifs is 1. The number of allylic oxidation sites excluding steroid dienone is 2. The molecule has 1 N–H and O–H groups in total. The summed E-state index contributed by atoms with van der Waals surface area (Å²) in [6, 6.07) is 3.51. The topological polar surface area (TPSA) is 78.2 Å². The fraction of sp³-hybridized carbons (Fsp3) is 0.500. The van der Waals surface area contributed by atoms with Crippen molar-refractivity contribution >= 4 is 23.4 Å². The minimum absolute atomic E-state index is 0.0120. The molecule has 0 radical (unpaired) electrons. The monoisotopic (exact) mass is 565 g/mol. The number of morpholine rings is 1. The van der Waals surface area contributed by atoms with Crippen molar-refractivity contribution in [2.75, 3.05) is 51.8 Å². The van der Waals surface area contributed by atoms with Crippen LogP contribution < -0.4 is 5.32 Å². The first-order valence-corrected chi connectivity index (χ1v) is 14.1. The molecular weight excluding hydrogens is 528 g/mol. The van der Waals surface area contributed by atoms with E-state index in [1.165, 1.54) is 18.0 Å². The zero-order valence-corrected chi connectivity index (χ0v) is 24.2. The zero-order chi connectivity index (χ0) is 29.1. The van der Waals surface area contributed by atoms with Gasteiger partial charge in [0.1, 0.15) is 11.4 Å². The number of halogens is 2. The Morgan fingerprint density at radius 1 is 1.15 bits per heavy atom. The van der Waals surface area contributed by atoms with Crippen molar-refractivity contribution in [1.82, 2.24) is 24.6 Å². The molecule has 9 nitrogen and oxygen atoms in total. The number of hydrogen-bond acceptors (Lipinski definition) is 7. The summed E-state index contributed by atoms with van der Waals surface area (Å²) in [6.07, 6.45) is 7.54. The van der Waals surface area contributed by atoms with Crippen LogP contribution in [0.2, 0.25) is 0 Å². The molecule has 1 aromatic carbocycles. The third kappa shape index (κ3) is 5.05. The second-order valence-corrected chi connectivity index (χ2v) is 12.4. The van der Waals surface area contributed by atoms with Gasteiger partial charge in [-0.3, -0.25) is 9.80 Å². The van der Waals surface area contributed by atoms with Crippen molar-refractivity contribution in [2.45, 2.75) is 45.3 Å². The summed E-state index contributed by atoms with van der Waals surface area (Å²) < 4.78 is 36.9. The van der Waals surface area contributed by atoms with E-state index in [0.29, 0.717) is 19.3 Å². The Bertz CT molecular complexity index is 1450. The number of anilines is 1. The van der Waals surface area contributed by atoms with Crippen LogP contribution in [0.25, 0.3) is 5.57 Å². The van der Waals surface area contributed by atoms with Crippen LogP contribution in [0.3, 0.4) is 0 Å². The van der Waals surface area contributed by atoms with E-state index in [2.05, 4.69) is 44.4 Å². The number of nitrogens with one attached hydrogen (secondary N) is 1. The number of amides is 1. The highest BCUT2D eigenvalue weighted by molar-refractivity contribution is 6.04. The summed E-state index contributed by atoms with van der Waals surface area (Å²) >= 11 is 0. The summed E-state index contributed by atoms with van der Waals surface area (Å²) in [5.41, 5.74) is 2.75. The lowest BCUT2D eigenvalue weighted by Crippen LogP contribution is -2.59. The lowest BCUT2D eigenvalue weighted by molar-refractivity contribution is 0.0140. The second-order valence-electron chi connectivity index (χ2n) is 12.4. The number of likely N-dealkylation sites (N-methyl/N-ethyl adjacent to an activating group) is 1. The van der Waals surface area contributed by atoms with Crippen molar-refractivity contribution in [3.05, 3.63) is 64.6 Å². The Balaban J connectivity index is 1.32. The van der Waals surface area contributed by atoms with Crippen LogP contribution in [-0.4, -0.2) is 95.2 Å². The van der Waals surface area contributed by atoms with Crippen LogP contribution in [-0.2, 0) is 10.3 Å². The Morgan fingerprint density at radius 2 is 1.88 bits per heavy atom. The van der Waals surface area contributed by atoms with Crippen LogP contribution in [0.15, 0.2) is 41.3 Å². The Labute approximate surface area is 239 Å². The summed E-state index contributed by atoms with van der Waals surface area (Å²) in [5, 5.41) is 13.7. The predicted octanol–water partition coefficient (Wildman–Crippen LogP) is 3.69. The number of likely N-dealkylation sites (tertiary alicyclic amines) is 1. The van der Waals surface area contributed by atoms with Crippen LogP contribution in [0, 0.1) is 24.6 Å². The fourth-order valence-corrected chi connectivity index (χ4v) is 6.10. The van der Waals surface area contributed by atoms with Crippen molar-refractivity contribution in [1.29, 1.82) is 0 Å². The number of hydrazone groups is 1. The van der Waals surface area contributed by atoms with Crippen LogP contribution in [0.4, 0.5) is 14.5 Å². The Kier molecular flexibility index (Phi) is 6.97. The van der Waals surface area contributed by atoms with Gasteiger partial charge in [0.25, 0.3) is 5.91 Å². The molecule has 41 heavy (non-hydrogen) atoms. The zero-order valence-electron chi connectivity index (χ0n) is 24.2. The van der Waals surface area contributed by atoms with Gasteiger partial charge in [-0.1, -0.05) is 6.08 Å². The van der Waals surface area contributed by atoms with Crippen molar-refractivity contribution < 1.29 is 18.3 Å². The van der Waals surface area contributed by atoms with Gasteiger partial charge in [-0.15, -0.1) is 0 Å². The van der Waals surface area contributed by atoms with E-state index in [4.69, 9.17) is 9.84 Å². The van der Waals surface area contributed by atoms with Crippen molar-refractivity contribution in [2.24, 2.45) is 11.0 Å². The molecule has 4 aliphatic rings. The van der Waals surface area contributed by atoms with Gasteiger partial charge in [0.15, 0.2) is 0 Å². The van der Waals surface area contributed by atoms with Gasteiger partial charge >= 0.3 is 0 Å². The van der Waals surface area contributed by atoms with E-state index in [1.54, 1.807) is 26.8 Å². The highest BCUT2D eigenvalue weighted by Crippen LogP contribution is 2.40. The van der Waals surface area contributed by atoms with Crippen LogP contribution in [0.1, 0.15) is 42.3 Å². The summed E-state index contributed by atoms with van der Waals surface area (Å²) in [7, 11) is 2.12. The first kappa shape index (κ1) is 27.6. The molecule has 2 fully saturated rings. The van der Waals surface area contributed by atoms with Gasteiger partial charge in [0.2, 0.25) is 5.95 Å². The molecule has 1 aliphatic carbocycles. The minimum Gasteiger partial charge on any atom is -0.378 e.